The Hall–Kier alpha value is -0.450. The molecule has 1 aliphatic rings. The van der Waals surface area contributed by atoms with Crippen molar-refractivity contribution in [2.75, 3.05) is 19.6 Å². The van der Waals surface area contributed by atoms with Crippen LogP contribution in [0, 0.1) is 5.82 Å². The maximum absolute atomic E-state index is 13.4. The van der Waals surface area contributed by atoms with Crippen LogP contribution in [0.15, 0.2) is 22.7 Å². The summed E-state index contributed by atoms with van der Waals surface area (Å²) in [4.78, 5) is 2.42. The molecule has 1 saturated heterocycles. The van der Waals surface area contributed by atoms with Gasteiger partial charge in [0, 0.05) is 23.6 Å². The minimum atomic E-state index is -0.169. The Morgan fingerprint density at radius 3 is 2.89 bits per heavy atom. The van der Waals surface area contributed by atoms with Crippen LogP contribution >= 0.6 is 15.9 Å². The summed E-state index contributed by atoms with van der Waals surface area (Å²) >= 11 is 3.35. The van der Waals surface area contributed by atoms with E-state index < -0.39 is 0 Å². The number of rotatable bonds is 4. The van der Waals surface area contributed by atoms with Gasteiger partial charge in [0.05, 0.1) is 0 Å². The van der Waals surface area contributed by atoms with Crippen LogP contribution in [-0.2, 0) is 6.54 Å². The van der Waals surface area contributed by atoms with Crippen molar-refractivity contribution in [1.29, 1.82) is 0 Å². The second-order valence-electron chi connectivity index (χ2n) is 4.84. The molecule has 1 atom stereocenters. The smallest absolute Gasteiger partial charge is 0.124 e. The van der Waals surface area contributed by atoms with Crippen molar-refractivity contribution in [2.45, 2.75) is 32.4 Å². The number of likely N-dealkylation sites (N-methyl/N-ethyl adjacent to an activating group) is 1. The van der Waals surface area contributed by atoms with Gasteiger partial charge in [0.25, 0.3) is 0 Å². The molecule has 0 aromatic heterocycles. The molecule has 0 radical (unpaired) electrons. The van der Waals surface area contributed by atoms with Crippen molar-refractivity contribution in [2.24, 2.45) is 0 Å². The summed E-state index contributed by atoms with van der Waals surface area (Å²) in [6.07, 6.45) is 2.46. The van der Waals surface area contributed by atoms with Crippen molar-refractivity contribution >= 4 is 15.9 Å². The third-order valence-corrected chi connectivity index (χ3v) is 3.96. The Morgan fingerprint density at radius 1 is 1.44 bits per heavy atom. The fourth-order valence-corrected chi connectivity index (χ4v) is 3.09. The minimum Gasteiger partial charge on any atom is -0.315 e. The van der Waals surface area contributed by atoms with E-state index in [-0.39, 0.29) is 5.82 Å². The fraction of sp³-hybridized carbons (Fsp3) is 0.571. The molecule has 0 amide bonds. The first-order valence-corrected chi connectivity index (χ1v) is 7.38. The Bertz CT molecular complexity index is 371. The summed E-state index contributed by atoms with van der Waals surface area (Å²) in [6, 6.07) is 5.71. The Morgan fingerprint density at radius 2 is 2.28 bits per heavy atom. The highest BCUT2D eigenvalue weighted by Crippen LogP contribution is 2.19. The van der Waals surface area contributed by atoms with Gasteiger partial charge in [-0.25, -0.2) is 4.39 Å². The average Bonchev–Trinajstić information content (AvgIpc) is 2.36. The lowest BCUT2D eigenvalue weighted by molar-refractivity contribution is 0.166. The number of hydrogen-bond acceptors (Lipinski definition) is 2. The van der Waals surface area contributed by atoms with Crippen LogP contribution in [0.5, 0.6) is 0 Å². The van der Waals surface area contributed by atoms with Crippen LogP contribution in [-0.4, -0.2) is 30.6 Å². The van der Waals surface area contributed by atoms with Gasteiger partial charge in [-0.05, 0) is 49.7 Å². The predicted octanol–water partition coefficient (Wildman–Crippen LogP) is 3.16. The summed E-state index contributed by atoms with van der Waals surface area (Å²) in [5.41, 5.74) is 1.04. The normalized spacial score (nSPS) is 20.3. The maximum Gasteiger partial charge on any atom is 0.124 e. The van der Waals surface area contributed by atoms with Crippen molar-refractivity contribution in [3.8, 4) is 0 Å². The van der Waals surface area contributed by atoms with Crippen molar-refractivity contribution in [1.82, 2.24) is 10.2 Å². The molecule has 0 saturated carbocycles. The molecule has 2 rings (SSSR count). The fourth-order valence-electron chi connectivity index (χ4n) is 2.58. The van der Waals surface area contributed by atoms with Gasteiger partial charge in [-0.2, -0.15) is 0 Å². The van der Waals surface area contributed by atoms with E-state index in [2.05, 4.69) is 33.1 Å². The second kappa shape index (κ2) is 6.64. The third-order valence-electron chi connectivity index (χ3n) is 3.50. The molecule has 1 heterocycles. The first kappa shape index (κ1) is 14.0. The summed E-state index contributed by atoms with van der Waals surface area (Å²) in [5.74, 6) is -0.169. The molecule has 0 spiro atoms. The topological polar surface area (TPSA) is 15.3 Å². The summed E-state index contributed by atoms with van der Waals surface area (Å²) in [5, 5.41) is 3.43. The van der Waals surface area contributed by atoms with Gasteiger partial charge >= 0.3 is 0 Å². The molecule has 1 aromatic rings. The van der Waals surface area contributed by atoms with Crippen LogP contribution in [0.25, 0.3) is 0 Å². The minimum absolute atomic E-state index is 0.169. The van der Waals surface area contributed by atoms with Crippen LogP contribution in [0.3, 0.4) is 0 Å². The molecule has 1 aromatic carbocycles. The van der Waals surface area contributed by atoms with Crippen molar-refractivity contribution in [3.05, 3.63) is 34.1 Å². The lowest BCUT2D eigenvalue weighted by atomic mass is 10.0. The zero-order valence-electron chi connectivity index (χ0n) is 10.8. The molecule has 100 valence electrons. The molecule has 4 heteroatoms. The van der Waals surface area contributed by atoms with Crippen LogP contribution in [0.1, 0.15) is 25.3 Å². The van der Waals surface area contributed by atoms with E-state index in [9.17, 15) is 4.39 Å². The van der Waals surface area contributed by atoms with Gasteiger partial charge in [-0.1, -0.05) is 22.9 Å². The summed E-state index contributed by atoms with van der Waals surface area (Å²) in [7, 11) is 0. The standard InChI is InChI=1S/C14H20BrFN2/c1-2-18(14-4-3-5-17-9-14)10-11-6-12(15)8-13(16)7-11/h6-8,14,17H,2-5,9-10H2,1H3. The zero-order valence-corrected chi connectivity index (χ0v) is 12.3. The Kier molecular flexibility index (Phi) is 5.15. The van der Waals surface area contributed by atoms with Gasteiger partial charge in [-0.15, -0.1) is 0 Å². The number of hydrogen-bond donors (Lipinski definition) is 1. The number of nitrogens with one attached hydrogen (secondary N) is 1. The van der Waals surface area contributed by atoms with E-state index in [0.717, 1.165) is 36.2 Å². The number of nitrogens with zero attached hydrogens (tertiary/aromatic N) is 1. The van der Waals surface area contributed by atoms with Gasteiger partial charge in [0.15, 0.2) is 0 Å². The Labute approximate surface area is 117 Å². The first-order chi connectivity index (χ1) is 8.69. The Balaban J connectivity index is 2.04. The molecule has 1 unspecified atom stereocenters. The highest BCUT2D eigenvalue weighted by Gasteiger charge is 2.19. The highest BCUT2D eigenvalue weighted by molar-refractivity contribution is 9.10. The summed E-state index contributed by atoms with van der Waals surface area (Å²) in [6.45, 7) is 6.16. The molecule has 1 N–H and O–H groups in total. The van der Waals surface area contributed by atoms with E-state index in [1.807, 2.05) is 6.07 Å². The number of halogens is 2. The SMILES string of the molecule is CCN(Cc1cc(F)cc(Br)c1)C1CCCNC1. The van der Waals surface area contributed by atoms with Crippen LogP contribution in [0.4, 0.5) is 4.39 Å². The largest absolute Gasteiger partial charge is 0.315 e. The molecular formula is C14H20BrFN2. The number of benzene rings is 1. The molecule has 1 aliphatic heterocycles. The van der Waals surface area contributed by atoms with Crippen LogP contribution in [0.2, 0.25) is 0 Å². The average molecular weight is 315 g/mol. The van der Waals surface area contributed by atoms with E-state index in [1.165, 1.54) is 18.9 Å². The van der Waals surface area contributed by atoms with E-state index in [1.54, 1.807) is 6.07 Å². The number of piperidine rings is 1. The second-order valence-corrected chi connectivity index (χ2v) is 5.76. The molecular weight excluding hydrogens is 295 g/mol. The molecule has 18 heavy (non-hydrogen) atoms. The molecule has 2 nitrogen and oxygen atoms in total. The molecule has 0 bridgehead atoms. The van der Waals surface area contributed by atoms with Crippen molar-refractivity contribution < 1.29 is 4.39 Å². The van der Waals surface area contributed by atoms with Gasteiger partial charge in [-0.3, -0.25) is 4.90 Å². The van der Waals surface area contributed by atoms with E-state index >= 15 is 0 Å². The highest BCUT2D eigenvalue weighted by atomic mass is 79.9. The maximum atomic E-state index is 13.4. The third kappa shape index (κ3) is 3.77. The van der Waals surface area contributed by atoms with Gasteiger partial charge in [0.2, 0.25) is 0 Å². The monoisotopic (exact) mass is 314 g/mol. The summed E-state index contributed by atoms with van der Waals surface area (Å²) < 4.78 is 14.2. The lowest BCUT2D eigenvalue weighted by Crippen LogP contribution is -2.45. The van der Waals surface area contributed by atoms with Crippen LogP contribution < -0.4 is 5.32 Å². The van der Waals surface area contributed by atoms with E-state index in [0.29, 0.717) is 6.04 Å². The zero-order chi connectivity index (χ0) is 13.0. The molecule has 0 aliphatic carbocycles. The first-order valence-electron chi connectivity index (χ1n) is 6.58. The quantitative estimate of drug-likeness (QED) is 0.918. The van der Waals surface area contributed by atoms with E-state index in [4.69, 9.17) is 0 Å². The molecule has 1 fully saturated rings. The predicted molar refractivity (Wildman–Crippen MR) is 76.1 cm³/mol. The lowest BCUT2D eigenvalue weighted by Gasteiger charge is -2.34. The van der Waals surface area contributed by atoms with Gasteiger partial charge < -0.3 is 5.32 Å². The van der Waals surface area contributed by atoms with Crippen molar-refractivity contribution in [3.63, 3.8) is 0 Å². The van der Waals surface area contributed by atoms with Gasteiger partial charge in [0.1, 0.15) is 5.82 Å².